The minimum absolute atomic E-state index is 0.107. The first-order valence-electron chi connectivity index (χ1n) is 14.4. The number of hydrogen-bond acceptors (Lipinski definition) is 7. The fourth-order valence-electron chi connectivity index (χ4n) is 5.91. The predicted octanol–water partition coefficient (Wildman–Crippen LogP) is 4.73. The Morgan fingerprint density at radius 2 is 1.82 bits per heavy atom. The normalized spacial score (nSPS) is 16.8. The molecule has 2 atom stereocenters. The van der Waals surface area contributed by atoms with Crippen molar-refractivity contribution >= 4 is 11.8 Å². The molecule has 1 fully saturated rings. The summed E-state index contributed by atoms with van der Waals surface area (Å²) >= 11 is 0. The van der Waals surface area contributed by atoms with Crippen molar-refractivity contribution in [1.82, 2.24) is 34.4 Å². The Bertz CT molecular complexity index is 1770. The second-order valence-corrected chi connectivity index (χ2v) is 10.9. The number of rotatable bonds is 9. The maximum absolute atomic E-state index is 14.4. The molecule has 11 nitrogen and oxygen atoms in total. The Kier molecular flexibility index (Phi) is 8.18. The van der Waals surface area contributed by atoms with Crippen LogP contribution in [-0.2, 0) is 4.74 Å². The van der Waals surface area contributed by atoms with E-state index in [0.717, 1.165) is 28.1 Å². The number of primary amides is 1. The van der Waals surface area contributed by atoms with Crippen molar-refractivity contribution in [3.8, 4) is 28.3 Å². The van der Waals surface area contributed by atoms with Crippen molar-refractivity contribution in [3.05, 3.63) is 95.8 Å². The quantitative estimate of drug-likeness (QED) is 0.252. The van der Waals surface area contributed by atoms with Gasteiger partial charge in [0.05, 0.1) is 29.7 Å². The number of likely N-dealkylation sites (tertiary alicyclic amines) is 1. The summed E-state index contributed by atoms with van der Waals surface area (Å²) in [6.45, 7) is 6.35. The predicted molar refractivity (Wildman–Crippen MR) is 165 cm³/mol. The van der Waals surface area contributed by atoms with E-state index in [2.05, 4.69) is 20.2 Å². The van der Waals surface area contributed by atoms with E-state index in [0.29, 0.717) is 49.3 Å². The maximum Gasteiger partial charge on any atom is 0.317 e. The summed E-state index contributed by atoms with van der Waals surface area (Å²) in [5.74, 6) is 0.694. The molecule has 1 aliphatic rings. The molecule has 0 unspecified atom stereocenters. The van der Waals surface area contributed by atoms with Gasteiger partial charge in [0.15, 0.2) is 0 Å². The number of para-hydroxylation sites is 1. The molecule has 5 aromatic rings. The SMILES string of the molecule is COCCN1C[C@@H](n2nc(-c3c(C)c(-c4cnc(C)nc4)nn3-c3ccccc3)cc2NC(N)=O)[C@H](c2cccc(F)c2)C1. The van der Waals surface area contributed by atoms with E-state index >= 15 is 0 Å². The number of urea groups is 1. The molecular weight excluding hydrogens is 561 g/mol. The molecule has 0 saturated carbocycles. The van der Waals surface area contributed by atoms with Crippen molar-refractivity contribution < 1.29 is 13.9 Å². The van der Waals surface area contributed by atoms with E-state index < -0.39 is 6.03 Å². The lowest BCUT2D eigenvalue weighted by Gasteiger charge is -2.21. The highest BCUT2D eigenvalue weighted by molar-refractivity contribution is 5.88. The smallest absolute Gasteiger partial charge is 0.317 e. The third-order valence-corrected chi connectivity index (χ3v) is 7.97. The lowest BCUT2D eigenvalue weighted by molar-refractivity contribution is 0.158. The van der Waals surface area contributed by atoms with Crippen molar-refractivity contribution in [3.63, 3.8) is 0 Å². The number of carbonyl (C=O) groups is 1. The lowest BCUT2D eigenvalue weighted by atomic mass is 9.94. The Labute approximate surface area is 254 Å². The van der Waals surface area contributed by atoms with E-state index in [1.807, 2.05) is 61.0 Å². The van der Waals surface area contributed by atoms with Crippen molar-refractivity contribution in [1.29, 1.82) is 0 Å². The van der Waals surface area contributed by atoms with Gasteiger partial charge in [0, 0.05) is 62.2 Å². The fraction of sp³-hybridized carbons (Fsp3) is 0.281. The average Bonchev–Trinajstić information content (AvgIpc) is 3.71. The number of aromatic nitrogens is 6. The van der Waals surface area contributed by atoms with Crippen LogP contribution in [-0.4, -0.2) is 73.8 Å². The van der Waals surface area contributed by atoms with Gasteiger partial charge < -0.3 is 10.5 Å². The van der Waals surface area contributed by atoms with Crippen molar-refractivity contribution in [2.45, 2.75) is 25.8 Å². The molecular formula is C32H34FN9O2. The van der Waals surface area contributed by atoms with Crippen LogP contribution < -0.4 is 11.1 Å². The van der Waals surface area contributed by atoms with E-state index in [1.165, 1.54) is 6.07 Å². The maximum atomic E-state index is 14.4. The Morgan fingerprint density at radius 1 is 1.05 bits per heavy atom. The molecule has 0 aliphatic carbocycles. The number of hydrogen-bond donors (Lipinski definition) is 2. The highest BCUT2D eigenvalue weighted by Gasteiger charge is 2.37. The summed E-state index contributed by atoms with van der Waals surface area (Å²) in [6.07, 6.45) is 3.51. The monoisotopic (exact) mass is 595 g/mol. The highest BCUT2D eigenvalue weighted by Crippen LogP contribution is 2.40. The molecule has 2 aromatic carbocycles. The van der Waals surface area contributed by atoms with E-state index in [9.17, 15) is 9.18 Å². The topological polar surface area (TPSA) is 129 Å². The minimum Gasteiger partial charge on any atom is -0.383 e. The number of nitrogens with one attached hydrogen (secondary N) is 1. The van der Waals surface area contributed by atoms with Gasteiger partial charge in [-0.15, -0.1) is 0 Å². The number of nitrogens with zero attached hydrogens (tertiary/aromatic N) is 7. The molecule has 1 saturated heterocycles. The molecule has 2 amide bonds. The standard InChI is InChI=1S/C32H34FN9O2/c1-20-30(23-16-35-21(2)36-17-23)39-41(25-10-5-4-6-11-25)31(20)27-15-29(37-32(34)43)42(38-27)28-19-40(12-13-44-3)18-26(28)22-8-7-9-24(33)14-22/h4-11,14-17,26,28H,12-13,18-19H2,1-3H3,(H3,34,37,43)/t26-,28+/m0/s1. The van der Waals surface area contributed by atoms with Crippen LogP contribution in [0.1, 0.15) is 28.9 Å². The number of carbonyl (C=O) groups excluding carboxylic acids is 1. The van der Waals surface area contributed by atoms with Gasteiger partial charge in [0.1, 0.15) is 23.2 Å². The molecule has 4 heterocycles. The van der Waals surface area contributed by atoms with Gasteiger partial charge >= 0.3 is 6.03 Å². The third kappa shape index (κ3) is 5.81. The van der Waals surface area contributed by atoms with Gasteiger partial charge in [-0.3, -0.25) is 10.2 Å². The summed E-state index contributed by atoms with van der Waals surface area (Å²) < 4.78 is 23.4. The number of anilines is 1. The van der Waals surface area contributed by atoms with Gasteiger partial charge in [-0.1, -0.05) is 30.3 Å². The number of nitrogens with two attached hydrogens (primary N) is 1. The summed E-state index contributed by atoms with van der Waals surface area (Å²) in [5.41, 5.74) is 11.0. The van der Waals surface area contributed by atoms with Gasteiger partial charge in [-0.2, -0.15) is 10.2 Å². The van der Waals surface area contributed by atoms with Crippen LogP contribution in [0, 0.1) is 19.7 Å². The van der Waals surface area contributed by atoms with Crippen LogP contribution >= 0.6 is 0 Å². The zero-order chi connectivity index (χ0) is 30.8. The zero-order valence-corrected chi connectivity index (χ0v) is 24.8. The second kappa shape index (κ2) is 12.3. The average molecular weight is 596 g/mol. The first-order valence-corrected chi connectivity index (χ1v) is 14.4. The Balaban J connectivity index is 1.50. The van der Waals surface area contributed by atoms with Gasteiger partial charge in [0.2, 0.25) is 0 Å². The van der Waals surface area contributed by atoms with Gasteiger partial charge in [0.25, 0.3) is 0 Å². The van der Waals surface area contributed by atoms with Crippen LogP contribution in [0.2, 0.25) is 0 Å². The third-order valence-electron chi connectivity index (χ3n) is 7.97. The lowest BCUT2D eigenvalue weighted by Crippen LogP contribution is -2.27. The van der Waals surface area contributed by atoms with E-state index in [-0.39, 0.29) is 17.8 Å². The Hall–Kier alpha value is -4.94. The van der Waals surface area contributed by atoms with Crippen LogP contribution in [0.3, 0.4) is 0 Å². The number of ether oxygens (including phenoxy) is 1. The number of amides is 2. The van der Waals surface area contributed by atoms with Crippen molar-refractivity contribution in [2.24, 2.45) is 5.73 Å². The van der Waals surface area contributed by atoms with Gasteiger partial charge in [-0.25, -0.2) is 28.5 Å². The molecule has 0 spiro atoms. The van der Waals surface area contributed by atoms with E-state index in [1.54, 1.807) is 36.3 Å². The minimum atomic E-state index is -0.708. The summed E-state index contributed by atoms with van der Waals surface area (Å²) in [4.78, 5) is 23.2. The van der Waals surface area contributed by atoms with Crippen LogP contribution in [0.4, 0.5) is 15.0 Å². The molecule has 0 radical (unpaired) electrons. The van der Waals surface area contributed by atoms with Crippen LogP contribution in [0.5, 0.6) is 0 Å². The summed E-state index contributed by atoms with van der Waals surface area (Å²) in [7, 11) is 1.67. The number of benzene rings is 2. The molecule has 0 bridgehead atoms. The van der Waals surface area contributed by atoms with E-state index in [4.69, 9.17) is 20.7 Å². The number of halogens is 1. The molecule has 3 N–H and O–H groups in total. The summed E-state index contributed by atoms with van der Waals surface area (Å²) in [6, 6.07) is 17.3. The first-order chi connectivity index (χ1) is 21.3. The first kappa shape index (κ1) is 29.1. The molecule has 1 aliphatic heterocycles. The second-order valence-electron chi connectivity index (χ2n) is 10.9. The number of aryl methyl sites for hydroxylation is 1. The Morgan fingerprint density at radius 3 is 2.52 bits per heavy atom. The van der Waals surface area contributed by atoms with Gasteiger partial charge in [-0.05, 0) is 43.7 Å². The fourth-order valence-corrected chi connectivity index (χ4v) is 5.91. The number of methoxy groups -OCH3 is 1. The molecule has 44 heavy (non-hydrogen) atoms. The van der Waals surface area contributed by atoms with Crippen molar-refractivity contribution in [2.75, 3.05) is 38.7 Å². The highest BCUT2D eigenvalue weighted by atomic mass is 19.1. The van der Waals surface area contributed by atoms with Crippen LogP contribution in [0.15, 0.2) is 73.1 Å². The van der Waals surface area contributed by atoms with Crippen LogP contribution in [0.25, 0.3) is 28.3 Å². The molecule has 3 aromatic heterocycles. The largest absolute Gasteiger partial charge is 0.383 e. The molecule has 226 valence electrons. The summed E-state index contributed by atoms with van der Waals surface area (Å²) in [5, 5.41) is 12.9. The molecule has 6 rings (SSSR count). The zero-order valence-electron chi connectivity index (χ0n) is 24.8. The molecule has 12 heteroatoms.